The number of benzene rings is 3. The number of carbonyl (C=O) groups is 2. The Bertz CT molecular complexity index is 1110. The van der Waals surface area contributed by atoms with Gasteiger partial charge in [-0.3, -0.25) is 9.59 Å². The van der Waals surface area contributed by atoms with Gasteiger partial charge in [-0.1, -0.05) is 30.3 Å². The molecule has 30 heavy (non-hydrogen) atoms. The summed E-state index contributed by atoms with van der Waals surface area (Å²) in [4.78, 5) is 25.7. The second-order valence-corrected chi connectivity index (χ2v) is 7.36. The summed E-state index contributed by atoms with van der Waals surface area (Å²) in [6.07, 6.45) is 0. The average molecular weight is 417 g/mol. The Morgan fingerprint density at radius 1 is 0.933 bits per heavy atom. The molecule has 2 amide bonds. The van der Waals surface area contributed by atoms with Gasteiger partial charge in [0.25, 0.3) is 5.91 Å². The van der Waals surface area contributed by atoms with E-state index in [4.69, 9.17) is 5.26 Å². The number of rotatable bonds is 7. The van der Waals surface area contributed by atoms with Crippen LogP contribution in [0.2, 0.25) is 0 Å². The molecule has 0 atom stereocenters. The number of nitrogens with zero attached hydrogens (tertiary/aromatic N) is 1. The van der Waals surface area contributed by atoms with Crippen molar-refractivity contribution >= 4 is 35.0 Å². The van der Waals surface area contributed by atoms with E-state index in [2.05, 4.69) is 10.6 Å². The molecule has 0 unspecified atom stereocenters. The smallest absolute Gasteiger partial charge is 0.256 e. The maximum atomic E-state index is 12.7. The zero-order valence-electron chi connectivity index (χ0n) is 16.0. The molecule has 0 aliphatic carbocycles. The number of hydrogen-bond donors (Lipinski definition) is 3. The standard InChI is InChI=1S/C23H19N3O3S/c24-13-16-5-3-7-18(11-16)25-22(28)15-30-21-10-2-1-9-20(21)23(29)26-19-8-4-6-17(12-19)14-27/h1-12,27H,14-15H2,(H,25,28)(H,26,29). The summed E-state index contributed by atoms with van der Waals surface area (Å²) in [7, 11) is 0. The number of hydrogen-bond acceptors (Lipinski definition) is 5. The van der Waals surface area contributed by atoms with Crippen LogP contribution in [0.5, 0.6) is 0 Å². The van der Waals surface area contributed by atoms with Crippen molar-refractivity contribution in [2.45, 2.75) is 11.5 Å². The highest BCUT2D eigenvalue weighted by atomic mass is 32.2. The number of carbonyl (C=O) groups excluding carboxylic acids is 2. The van der Waals surface area contributed by atoms with Crippen molar-refractivity contribution in [1.82, 2.24) is 0 Å². The van der Waals surface area contributed by atoms with Gasteiger partial charge < -0.3 is 15.7 Å². The van der Waals surface area contributed by atoms with Gasteiger partial charge in [0.2, 0.25) is 5.91 Å². The molecule has 0 radical (unpaired) electrons. The van der Waals surface area contributed by atoms with Crippen molar-refractivity contribution in [3.05, 3.63) is 89.5 Å². The molecular weight excluding hydrogens is 398 g/mol. The summed E-state index contributed by atoms with van der Waals surface area (Å²) in [5.41, 5.74) is 2.76. The fourth-order valence-electron chi connectivity index (χ4n) is 2.73. The quantitative estimate of drug-likeness (QED) is 0.504. The van der Waals surface area contributed by atoms with Gasteiger partial charge >= 0.3 is 0 Å². The fraction of sp³-hybridized carbons (Fsp3) is 0.0870. The third-order valence-corrected chi connectivity index (χ3v) is 5.21. The Morgan fingerprint density at radius 3 is 2.43 bits per heavy atom. The van der Waals surface area contributed by atoms with E-state index in [9.17, 15) is 14.7 Å². The lowest BCUT2D eigenvalue weighted by Crippen LogP contribution is -2.16. The Balaban J connectivity index is 1.65. The lowest BCUT2D eigenvalue weighted by molar-refractivity contribution is -0.113. The summed E-state index contributed by atoms with van der Waals surface area (Å²) in [5, 5.41) is 23.8. The predicted molar refractivity (Wildman–Crippen MR) is 117 cm³/mol. The van der Waals surface area contributed by atoms with Crippen molar-refractivity contribution in [3.8, 4) is 6.07 Å². The van der Waals surface area contributed by atoms with Gasteiger partial charge in [0, 0.05) is 16.3 Å². The topological polar surface area (TPSA) is 102 Å². The second-order valence-electron chi connectivity index (χ2n) is 6.34. The van der Waals surface area contributed by atoms with Gasteiger partial charge in [-0.15, -0.1) is 11.8 Å². The van der Waals surface area contributed by atoms with E-state index in [0.29, 0.717) is 33.0 Å². The number of anilines is 2. The molecule has 0 saturated heterocycles. The predicted octanol–water partition coefficient (Wildman–Crippen LogP) is 4.03. The molecule has 7 heteroatoms. The van der Waals surface area contributed by atoms with Crippen LogP contribution in [0.15, 0.2) is 77.7 Å². The van der Waals surface area contributed by atoms with Crippen LogP contribution in [0.4, 0.5) is 11.4 Å². The molecule has 0 aliphatic rings. The Kier molecular flexibility index (Phi) is 7.22. The van der Waals surface area contributed by atoms with Gasteiger partial charge in [0.1, 0.15) is 0 Å². The van der Waals surface area contributed by atoms with E-state index in [1.54, 1.807) is 72.8 Å². The maximum Gasteiger partial charge on any atom is 0.256 e. The molecule has 0 saturated carbocycles. The summed E-state index contributed by atoms with van der Waals surface area (Å²) >= 11 is 1.25. The molecule has 3 N–H and O–H groups in total. The molecule has 0 aromatic heterocycles. The first-order valence-electron chi connectivity index (χ1n) is 9.12. The van der Waals surface area contributed by atoms with Crippen molar-refractivity contribution in [3.63, 3.8) is 0 Å². The summed E-state index contributed by atoms with van der Waals surface area (Å²) in [6.45, 7) is -0.109. The number of nitriles is 1. The van der Waals surface area contributed by atoms with E-state index in [-0.39, 0.29) is 24.2 Å². The van der Waals surface area contributed by atoms with E-state index in [1.165, 1.54) is 11.8 Å². The van der Waals surface area contributed by atoms with Gasteiger partial charge in [0.15, 0.2) is 0 Å². The average Bonchev–Trinajstić information content (AvgIpc) is 2.78. The molecule has 0 bridgehead atoms. The van der Waals surface area contributed by atoms with Gasteiger partial charge in [-0.05, 0) is 48.0 Å². The number of nitrogens with one attached hydrogen (secondary N) is 2. The lowest BCUT2D eigenvalue weighted by atomic mass is 10.2. The maximum absolute atomic E-state index is 12.7. The highest BCUT2D eigenvalue weighted by molar-refractivity contribution is 8.00. The van der Waals surface area contributed by atoms with Gasteiger partial charge in [-0.25, -0.2) is 0 Å². The van der Waals surface area contributed by atoms with Crippen molar-refractivity contribution < 1.29 is 14.7 Å². The minimum Gasteiger partial charge on any atom is -0.392 e. The second kappa shape index (κ2) is 10.3. The molecule has 0 fully saturated rings. The highest BCUT2D eigenvalue weighted by Crippen LogP contribution is 2.24. The fourth-order valence-corrected chi connectivity index (χ4v) is 3.58. The minimum atomic E-state index is -0.296. The van der Waals surface area contributed by atoms with Crippen LogP contribution in [0.3, 0.4) is 0 Å². The number of amides is 2. The molecule has 0 heterocycles. The number of aliphatic hydroxyl groups excluding tert-OH is 1. The Morgan fingerprint density at radius 2 is 1.67 bits per heavy atom. The van der Waals surface area contributed by atoms with Crippen molar-refractivity contribution in [2.75, 3.05) is 16.4 Å². The molecule has 3 aromatic rings. The first-order valence-corrected chi connectivity index (χ1v) is 10.1. The molecule has 0 spiro atoms. The lowest BCUT2D eigenvalue weighted by Gasteiger charge is -2.11. The third-order valence-electron chi connectivity index (χ3n) is 4.13. The highest BCUT2D eigenvalue weighted by Gasteiger charge is 2.13. The largest absolute Gasteiger partial charge is 0.392 e. The summed E-state index contributed by atoms with van der Waals surface area (Å²) < 4.78 is 0. The molecule has 0 aliphatic heterocycles. The number of aliphatic hydroxyl groups is 1. The van der Waals surface area contributed by atoms with E-state index >= 15 is 0 Å². The molecule has 3 aromatic carbocycles. The molecular formula is C23H19N3O3S. The Labute approximate surface area is 178 Å². The summed E-state index contributed by atoms with van der Waals surface area (Å²) in [6, 6.07) is 22.7. The SMILES string of the molecule is N#Cc1cccc(NC(=O)CSc2ccccc2C(=O)Nc2cccc(CO)c2)c1. The first kappa shape index (κ1) is 21.1. The van der Waals surface area contributed by atoms with Crippen LogP contribution < -0.4 is 10.6 Å². The zero-order valence-corrected chi connectivity index (χ0v) is 16.8. The minimum absolute atomic E-state index is 0.109. The van der Waals surface area contributed by atoms with Crippen LogP contribution in [0, 0.1) is 11.3 Å². The van der Waals surface area contributed by atoms with E-state index in [0.717, 1.165) is 0 Å². The summed E-state index contributed by atoms with van der Waals surface area (Å²) in [5.74, 6) is -0.419. The van der Waals surface area contributed by atoms with Crippen molar-refractivity contribution in [2.24, 2.45) is 0 Å². The normalized spacial score (nSPS) is 10.1. The molecule has 150 valence electrons. The molecule has 6 nitrogen and oxygen atoms in total. The van der Waals surface area contributed by atoms with Crippen molar-refractivity contribution in [1.29, 1.82) is 5.26 Å². The first-order chi connectivity index (χ1) is 14.6. The van der Waals surface area contributed by atoms with Crippen LogP contribution in [-0.4, -0.2) is 22.7 Å². The Hall–Kier alpha value is -3.60. The van der Waals surface area contributed by atoms with Gasteiger partial charge in [-0.2, -0.15) is 5.26 Å². The van der Waals surface area contributed by atoms with Crippen LogP contribution in [0.1, 0.15) is 21.5 Å². The zero-order chi connectivity index (χ0) is 21.3. The van der Waals surface area contributed by atoms with Gasteiger partial charge in [0.05, 0.1) is 29.6 Å². The van der Waals surface area contributed by atoms with Crippen LogP contribution in [0.25, 0.3) is 0 Å². The number of thioether (sulfide) groups is 1. The van der Waals surface area contributed by atoms with Crippen LogP contribution >= 0.6 is 11.8 Å². The third kappa shape index (κ3) is 5.70. The monoisotopic (exact) mass is 417 g/mol. The van der Waals surface area contributed by atoms with Crippen LogP contribution in [-0.2, 0) is 11.4 Å². The molecule has 3 rings (SSSR count). The van der Waals surface area contributed by atoms with E-state index < -0.39 is 0 Å². The van der Waals surface area contributed by atoms with E-state index in [1.807, 2.05) is 6.07 Å².